The van der Waals surface area contributed by atoms with Gasteiger partial charge in [-0.15, -0.1) is 0 Å². The van der Waals surface area contributed by atoms with Gasteiger partial charge in [-0.1, -0.05) is 23.7 Å². The molecule has 0 spiro atoms. The zero-order valence-electron chi connectivity index (χ0n) is 14.5. The molecular formula is C20H17ClN4O2. The van der Waals surface area contributed by atoms with Gasteiger partial charge >= 0.3 is 0 Å². The van der Waals surface area contributed by atoms with Crippen LogP contribution in [0.1, 0.15) is 17.4 Å². The smallest absolute Gasteiger partial charge is 0.274 e. The minimum atomic E-state index is -0.343. The zero-order chi connectivity index (χ0) is 19.2. The third-order valence-electron chi connectivity index (χ3n) is 3.55. The number of carbonyl (C=O) groups is 2. The van der Waals surface area contributed by atoms with Crippen molar-refractivity contribution in [2.24, 2.45) is 0 Å². The van der Waals surface area contributed by atoms with Gasteiger partial charge < -0.3 is 16.0 Å². The Balaban J connectivity index is 1.66. The molecule has 2 amide bonds. The van der Waals surface area contributed by atoms with E-state index in [1.807, 2.05) is 12.1 Å². The average Bonchev–Trinajstić information content (AvgIpc) is 2.62. The lowest BCUT2D eigenvalue weighted by molar-refractivity contribution is -0.114. The van der Waals surface area contributed by atoms with Crippen LogP contribution < -0.4 is 16.0 Å². The largest absolute Gasteiger partial charge is 0.354 e. The van der Waals surface area contributed by atoms with Gasteiger partial charge in [0.1, 0.15) is 5.69 Å². The number of amides is 2. The highest BCUT2D eigenvalue weighted by molar-refractivity contribution is 6.30. The summed E-state index contributed by atoms with van der Waals surface area (Å²) >= 11 is 5.96. The van der Waals surface area contributed by atoms with Crippen LogP contribution in [0, 0.1) is 0 Å². The molecule has 0 fully saturated rings. The van der Waals surface area contributed by atoms with Crippen LogP contribution in [0.25, 0.3) is 0 Å². The Morgan fingerprint density at radius 2 is 1.56 bits per heavy atom. The Kier molecular flexibility index (Phi) is 5.68. The minimum absolute atomic E-state index is 0.178. The Bertz CT molecular complexity index is 974. The van der Waals surface area contributed by atoms with E-state index in [-0.39, 0.29) is 17.5 Å². The van der Waals surface area contributed by atoms with Crippen LogP contribution in [0.3, 0.4) is 0 Å². The lowest BCUT2D eigenvalue weighted by Crippen LogP contribution is -2.14. The topological polar surface area (TPSA) is 83.1 Å². The van der Waals surface area contributed by atoms with E-state index in [0.717, 1.165) is 11.4 Å². The normalized spacial score (nSPS) is 10.1. The monoisotopic (exact) mass is 380 g/mol. The molecule has 3 aromatic rings. The first-order chi connectivity index (χ1) is 13.0. The number of hydrogen-bond acceptors (Lipinski definition) is 4. The first kappa shape index (κ1) is 18.4. The van der Waals surface area contributed by atoms with E-state index in [1.165, 1.54) is 6.92 Å². The van der Waals surface area contributed by atoms with E-state index in [1.54, 1.807) is 54.7 Å². The highest BCUT2D eigenvalue weighted by atomic mass is 35.5. The molecule has 136 valence electrons. The number of hydrogen-bond donors (Lipinski definition) is 3. The van der Waals surface area contributed by atoms with Crippen LogP contribution in [-0.2, 0) is 4.79 Å². The number of carbonyl (C=O) groups excluding carboxylic acids is 2. The molecule has 0 atom stereocenters. The van der Waals surface area contributed by atoms with E-state index in [4.69, 9.17) is 11.6 Å². The third-order valence-corrected chi connectivity index (χ3v) is 3.79. The zero-order valence-corrected chi connectivity index (χ0v) is 15.2. The predicted molar refractivity (Wildman–Crippen MR) is 108 cm³/mol. The van der Waals surface area contributed by atoms with Crippen LogP contribution in [0.4, 0.5) is 22.7 Å². The van der Waals surface area contributed by atoms with Crippen molar-refractivity contribution < 1.29 is 9.59 Å². The van der Waals surface area contributed by atoms with Gasteiger partial charge in [0.25, 0.3) is 5.91 Å². The minimum Gasteiger partial charge on any atom is -0.354 e. The van der Waals surface area contributed by atoms with E-state index in [0.29, 0.717) is 16.4 Å². The molecule has 0 aliphatic carbocycles. The molecule has 6 nitrogen and oxygen atoms in total. The second-order valence-corrected chi connectivity index (χ2v) is 6.22. The quantitative estimate of drug-likeness (QED) is 0.599. The summed E-state index contributed by atoms with van der Waals surface area (Å²) in [7, 11) is 0. The van der Waals surface area contributed by atoms with Crippen molar-refractivity contribution in [1.82, 2.24) is 4.98 Å². The van der Waals surface area contributed by atoms with E-state index < -0.39 is 0 Å². The second-order valence-electron chi connectivity index (χ2n) is 5.78. The van der Waals surface area contributed by atoms with Crippen molar-refractivity contribution in [3.05, 3.63) is 77.6 Å². The van der Waals surface area contributed by atoms with Gasteiger partial charge in [0, 0.05) is 29.0 Å². The van der Waals surface area contributed by atoms with Crippen LogP contribution in [-0.4, -0.2) is 16.8 Å². The van der Waals surface area contributed by atoms with E-state index >= 15 is 0 Å². The van der Waals surface area contributed by atoms with Gasteiger partial charge in [0.2, 0.25) is 5.91 Å². The van der Waals surface area contributed by atoms with Crippen molar-refractivity contribution in [2.45, 2.75) is 6.92 Å². The molecule has 0 saturated carbocycles. The summed E-state index contributed by atoms with van der Waals surface area (Å²) in [6.07, 6.45) is 1.57. The van der Waals surface area contributed by atoms with Crippen molar-refractivity contribution in [1.29, 1.82) is 0 Å². The van der Waals surface area contributed by atoms with Gasteiger partial charge in [-0.25, -0.2) is 4.98 Å². The van der Waals surface area contributed by atoms with Crippen molar-refractivity contribution >= 4 is 46.2 Å². The highest BCUT2D eigenvalue weighted by Gasteiger charge is 2.08. The van der Waals surface area contributed by atoms with Crippen LogP contribution in [0.15, 0.2) is 66.9 Å². The molecule has 2 aromatic carbocycles. The molecule has 7 heteroatoms. The number of aromatic nitrogens is 1. The Morgan fingerprint density at radius 1 is 0.852 bits per heavy atom. The maximum absolute atomic E-state index is 12.4. The van der Waals surface area contributed by atoms with Gasteiger partial charge in [-0.2, -0.15) is 0 Å². The molecule has 0 aliphatic rings. The molecule has 1 aromatic heterocycles. The average molecular weight is 381 g/mol. The summed E-state index contributed by atoms with van der Waals surface area (Å²) in [5, 5.41) is 9.22. The lowest BCUT2D eigenvalue weighted by atomic mass is 10.2. The summed E-state index contributed by atoms with van der Waals surface area (Å²) in [4.78, 5) is 27.7. The van der Waals surface area contributed by atoms with Crippen LogP contribution >= 0.6 is 11.6 Å². The van der Waals surface area contributed by atoms with Gasteiger partial charge in [0.05, 0.1) is 11.9 Å². The number of benzene rings is 2. The molecule has 3 rings (SSSR count). The van der Waals surface area contributed by atoms with E-state index in [2.05, 4.69) is 20.9 Å². The molecule has 0 bridgehead atoms. The summed E-state index contributed by atoms with van der Waals surface area (Å²) in [6, 6.07) is 17.6. The lowest BCUT2D eigenvalue weighted by Gasteiger charge is -2.09. The fraction of sp³-hybridized carbons (Fsp3) is 0.0500. The van der Waals surface area contributed by atoms with Crippen molar-refractivity contribution in [3.8, 4) is 0 Å². The first-order valence-electron chi connectivity index (χ1n) is 8.17. The SMILES string of the molecule is CC(=O)Nc1cccc(NC(=O)c2ccc(Nc3cccc(Cl)c3)cn2)c1. The van der Waals surface area contributed by atoms with Gasteiger partial charge in [-0.3, -0.25) is 9.59 Å². The molecule has 27 heavy (non-hydrogen) atoms. The fourth-order valence-corrected chi connectivity index (χ4v) is 2.60. The number of nitrogens with zero attached hydrogens (tertiary/aromatic N) is 1. The number of rotatable bonds is 5. The van der Waals surface area contributed by atoms with Gasteiger partial charge in [-0.05, 0) is 48.5 Å². The van der Waals surface area contributed by atoms with E-state index in [9.17, 15) is 9.59 Å². The number of halogens is 1. The summed E-state index contributed by atoms with van der Waals surface area (Å²) in [6.45, 7) is 1.42. The van der Waals surface area contributed by atoms with Crippen LogP contribution in [0.2, 0.25) is 5.02 Å². The number of nitrogens with one attached hydrogen (secondary N) is 3. The van der Waals surface area contributed by atoms with Crippen LogP contribution in [0.5, 0.6) is 0 Å². The number of anilines is 4. The summed E-state index contributed by atoms with van der Waals surface area (Å²) in [5.74, 6) is -0.521. The fourth-order valence-electron chi connectivity index (χ4n) is 2.41. The third kappa shape index (κ3) is 5.29. The maximum Gasteiger partial charge on any atom is 0.274 e. The molecule has 0 saturated heterocycles. The second kappa shape index (κ2) is 8.33. The number of pyridine rings is 1. The Hall–Kier alpha value is -3.38. The highest BCUT2D eigenvalue weighted by Crippen LogP contribution is 2.20. The molecule has 3 N–H and O–H groups in total. The predicted octanol–water partition coefficient (Wildman–Crippen LogP) is 4.69. The van der Waals surface area contributed by atoms with Crippen molar-refractivity contribution in [3.63, 3.8) is 0 Å². The maximum atomic E-state index is 12.4. The standard InChI is InChI=1S/C20H17ClN4O2/c1-13(26)23-16-6-3-7-17(11-16)25-20(27)19-9-8-18(12-22-19)24-15-5-2-4-14(21)10-15/h2-12,24H,1H3,(H,23,26)(H,25,27). The Morgan fingerprint density at radius 3 is 2.22 bits per heavy atom. The summed E-state index contributed by atoms with van der Waals surface area (Å²) < 4.78 is 0. The molecule has 0 unspecified atom stereocenters. The summed E-state index contributed by atoms with van der Waals surface area (Å²) in [5.41, 5.74) is 3.01. The Labute approximate surface area is 161 Å². The molecule has 0 aliphatic heterocycles. The first-order valence-corrected chi connectivity index (χ1v) is 8.55. The molecular weight excluding hydrogens is 364 g/mol. The van der Waals surface area contributed by atoms with Gasteiger partial charge in [0.15, 0.2) is 0 Å². The van der Waals surface area contributed by atoms with Crippen molar-refractivity contribution in [2.75, 3.05) is 16.0 Å². The molecule has 1 heterocycles. The molecule has 0 radical (unpaired) electrons.